The summed E-state index contributed by atoms with van der Waals surface area (Å²) in [5.41, 5.74) is 8.86. The molecule has 164 valence electrons. The van der Waals surface area contributed by atoms with E-state index in [2.05, 4.69) is 25.6 Å². The molecule has 7 nitrogen and oxygen atoms in total. The lowest BCUT2D eigenvalue weighted by molar-refractivity contribution is 0.102. The molecular weight excluding hydrogens is 463 g/mol. The monoisotopic (exact) mass is 478 g/mol. The number of carbonyl (C=O) groups excluding carboxylic acids is 1. The predicted molar refractivity (Wildman–Crippen MR) is 131 cm³/mol. The van der Waals surface area contributed by atoms with Crippen molar-refractivity contribution in [1.82, 2.24) is 15.0 Å². The van der Waals surface area contributed by atoms with Gasteiger partial charge in [-0.15, -0.1) is 11.3 Å². The Labute approximate surface area is 196 Å². The van der Waals surface area contributed by atoms with Crippen molar-refractivity contribution in [3.05, 3.63) is 76.3 Å². The summed E-state index contributed by atoms with van der Waals surface area (Å²) in [7, 11) is 0. The van der Waals surface area contributed by atoms with Gasteiger partial charge in [0, 0.05) is 28.0 Å². The van der Waals surface area contributed by atoms with E-state index in [-0.39, 0.29) is 10.9 Å². The number of nitrogens with one attached hydrogen (secondary N) is 2. The number of halogens is 2. The number of aryl methyl sites for hydroxylation is 1. The fourth-order valence-corrected chi connectivity index (χ4v) is 4.57. The number of anilines is 4. The van der Waals surface area contributed by atoms with Crippen LogP contribution in [0.25, 0.3) is 21.0 Å². The Morgan fingerprint density at radius 3 is 2.79 bits per heavy atom. The van der Waals surface area contributed by atoms with Crippen LogP contribution in [-0.4, -0.2) is 20.9 Å². The average molecular weight is 479 g/mol. The Kier molecular flexibility index (Phi) is 5.27. The third-order valence-electron chi connectivity index (χ3n) is 5.20. The van der Waals surface area contributed by atoms with E-state index in [1.807, 2.05) is 25.1 Å². The molecule has 0 unspecified atom stereocenters. The molecule has 0 aliphatic rings. The number of nitrogens with two attached hydrogens (primary N) is 1. The fourth-order valence-electron chi connectivity index (χ4n) is 3.55. The summed E-state index contributed by atoms with van der Waals surface area (Å²) in [6.45, 7) is 1.91. The van der Waals surface area contributed by atoms with E-state index in [1.165, 1.54) is 29.8 Å². The minimum Gasteiger partial charge on any atom is -0.382 e. The minimum absolute atomic E-state index is 0.0417. The van der Waals surface area contributed by atoms with Gasteiger partial charge in [0.1, 0.15) is 23.8 Å². The van der Waals surface area contributed by atoms with Crippen molar-refractivity contribution in [2.24, 2.45) is 0 Å². The Morgan fingerprint density at radius 2 is 1.97 bits per heavy atom. The first kappa shape index (κ1) is 21.0. The van der Waals surface area contributed by atoms with Crippen LogP contribution in [0, 0.1) is 12.7 Å². The number of pyridine rings is 1. The Hall–Kier alpha value is -3.82. The Morgan fingerprint density at radius 1 is 1.12 bits per heavy atom. The molecule has 2 aromatic carbocycles. The van der Waals surface area contributed by atoms with E-state index in [0.717, 1.165) is 16.3 Å². The number of nitrogen functional groups attached to an aromatic ring is 1. The number of carbonyl (C=O) groups is 1. The van der Waals surface area contributed by atoms with E-state index in [4.69, 9.17) is 17.3 Å². The van der Waals surface area contributed by atoms with Gasteiger partial charge in [-0.1, -0.05) is 23.7 Å². The van der Waals surface area contributed by atoms with Gasteiger partial charge in [0.15, 0.2) is 0 Å². The molecule has 5 aromatic rings. The van der Waals surface area contributed by atoms with Crippen molar-refractivity contribution in [3.8, 4) is 0 Å². The number of thiophene rings is 1. The van der Waals surface area contributed by atoms with Crippen LogP contribution in [0.4, 0.5) is 27.4 Å². The van der Waals surface area contributed by atoms with Crippen LogP contribution >= 0.6 is 22.9 Å². The zero-order chi connectivity index (χ0) is 23.1. The van der Waals surface area contributed by atoms with Gasteiger partial charge in [0.05, 0.1) is 26.5 Å². The predicted octanol–water partition coefficient (Wildman–Crippen LogP) is 5.92. The van der Waals surface area contributed by atoms with Crippen molar-refractivity contribution in [1.29, 1.82) is 0 Å². The molecule has 0 aliphatic heterocycles. The molecule has 5 rings (SSSR count). The molecule has 0 saturated heterocycles. The fraction of sp³-hybridized carbons (Fsp3) is 0.0435. The Bertz CT molecular complexity index is 1550. The minimum atomic E-state index is -0.530. The number of benzene rings is 2. The summed E-state index contributed by atoms with van der Waals surface area (Å²) < 4.78 is 14.5. The summed E-state index contributed by atoms with van der Waals surface area (Å²) >= 11 is 7.10. The summed E-state index contributed by atoms with van der Waals surface area (Å²) in [6, 6.07) is 10.0. The molecular formula is C23H16ClFN6OS. The van der Waals surface area contributed by atoms with Crippen LogP contribution in [0.1, 0.15) is 15.9 Å². The Balaban J connectivity index is 1.53. The van der Waals surface area contributed by atoms with Crippen molar-refractivity contribution in [2.75, 3.05) is 16.4 Å². The molecule has 0 fully saturated rings. The molecule has 0 atom stereocenters. The topological polar surface area (TPSA) is 106 Å². The third-order valence-corrected chi connectivity index (χ3v) is 6.50. The van der Waals surface area contributed by atoms with Crippen LogP contribution in [0.15, 0.2) is 54.3 Å². The standard InChI is InChI=1S/C23H16ClFN6OS/c1-11-2-4-14-13(6-7-27-22(14)30-12-3-5-16(24)17(25)8-12)18(11)31-23(32)15-9-33-20-19(15)28-10-29-21(20)26/h2-10H,1H3,(H,27,30)(H,31,32)(H2,26,28,29). The maximum Gasteiger partial charge on any atom is 0.258 e. The van der Waals surface area contributed by atoms with Crippen LogP contribution < -0.4 is 16.4 Å². The van der Waals surface area contributed by atoms with Gasteiger partial charge in [-0.3, -0.25) is 4.79 Å². The smallest absolute Gasteiger partial charge is 0.258 e. The molecule has 0 spiro atoms. The number of amides is 1. The van der Waals surface area contributed by atoms with Crippen LogP contribution in [0.5, 0.6) is 0 Å². The molecule has 10 heteroatoms. The van der Waals surface area contributed by atoms with Gasteiger partial charge >= 0.3 is 0 Å². The van der Waals surface area contributed by atoms with Gasteiger partial charge < -0.3 is 16.4 Å². The quantitative estimate of drug-likeness (QED) is 0.296. The largest absolute Gasteiger partial charge is 0.382 e. The number of fused-ring (bicyclic) bond motifs is 2. The highest BCUT2D eigenvalue weighted by Crippen LogP contribution is 2.34. The summed E-state index contributed by atoms with van der Waals surface area (Å²) in [4.78, 5) is 25.7. The number of nitrogens with zero attached hydrogens (tertiary/aromatic N) is 3. The number of hydrogen-bond donors (Lipinski definition) is 3. The maximum absolute atomic E-state index is 13.9. The van der Waals surface area contributed by atoms with Crippen LogP contribution in [0.2, 0.25) is 5.02 Å². The lowest BCUT2D eigenvalue weighted by Gasteiger charge is -2.15. The first-order chi connectivity index (χ1) is 15.9. The first-order valence-corrected chi connectivity index (χ1v) is 11.1. The van der Waals surface area contributed by atoms with Crippen molar-refractivity contribution in [3.63, 3.8) is 0 Å². The van der Waals surface area contributed by atoms with Gasteiger partial charge in [-0.2, -0.15) is 0 Å². The van der Waals surface area contributed by atoms with Crippen LogP contribution in [0.3, 0.4) is 0 Å². The van der Waals surface area contributed by atoms with Crippen LogP contribution in [-0.2, 0) is 0 Å². The number of aromatic nitrogens is 3. The molecule has 0 aliphatic carbocycles. The second-order valence-corrected chi connectivity index (χ2v) is 8.59. The third kappa shape index (κ3) is 3.81. The molecule has 33 heavy (non-hydrogen) atoms. The highest BCUT2D eigenvalue weighted by Gasteiger charge is 2.18. The van der Waals surface area contributed by atoms with Crippen molar-refractivity contribution < 1.29 is 9.18 Å². The molecule has 0 bridgehead atoms. The van der Waals surface area contributed by atoms with Gasteiger partial charge in [0.25, 0.3) is 5.91 Å². The van der Waals surface area contributed by atoms with Gasteiger partial charge in [-0.05, 0) is 36.8 Å². The lowest BCUT2D eigenvalue weighted by Crippen LogP contribution is -2.13. The SMILES string of the molecule is Cc1ccc2c(Nc3ccc(Cl)c(F)c3)nccc2c1NC(=O)c1csc2c(N)ncnc12. The normalized spacial score (nSPS) is 11.1. The summed E-state index contributed by atoms with van der Waals surface area (Å²) in [6.07, 6.45) is 2.97. The van der Waals surface area contributed by atoms with Gasteiger partial charge in [0.2, 0.25) is 0 Å². The highest BCUT2D eigenvalue weighted by atomic mass is 35.5. The maximum atomic E-state index is 13.9. The van der Waals surface area contributed by atoms with E-state index >= 15 is 0 Å². The van der Waals surface area contributed by atoms with E-state index in [1.54, 1.807) is 17.6 Å². The molecule has 0 saturated carbocycles. The number of rotatable bonds is 4. The molecule has 3 aromatic heterocycles. The molecule has 1 amide bonds. The second kappa shape index (κ2) is 8.27. The second-order valence-electron chi connectivity index (χ2n) is 7.31. The highest BCUT2D eigenvalue weighted by molar-refractivity contribution is 7.18. The first-order valence-electron chi connectivity index (χ1n) is 9.82. The van der Waals surface area contributed by atoms with E-state index in [9.17, 15) is 9.18 Å². The van der Waals surface area contributed by atoms with Crippen molar-refractivity contribution in [2.45, 2.75) is 6.92 Å². The van der Waals surface area contributed by atoms with E-state index < -0.39 is 5.82 Å². The number of hydrogen-bond acceptors (Lipinski definition) is 7. The lowest BCUT2D eigenvalue weighted by atomic mass is 10.0. The zero-order valence-corrected chi connectivity index (χ0v) is 18.8. The van der Waals surface area contributed by atoms with E-state index in [0.29, 0.717) is 38.8 Å². The molecule has 3 heterocycles. The molecule has 4 N–H and O–H groups in total. The average Bonchev–Trinajstić information content (AvgIpc) is 3.24. The van der Waals surface area contributed by atoms with Crippen molar-refractivity contribution >= 4 is 72.8 Å². The molecule has 0 radical (unpaired) electrons. The zero-order valence-electron chi connectivity index (χ0n) is 17.2. The summed E-state index contributed by atoms with van der Waals surface area (Å²) in [5, 5.41) is 9.43. The summed E-state index contributed by atoms with van der Waals surface area (Å²) in [5.74, 6) is 0.0243. The van der Waals surface area contributed by atoms with Gasteiger partial charge in [-0.25, -0.2) is 19.3 Å².